The first kappa shape index (κ1) is 23.6. The molecule has 0 unspecified atom stereocenters. The van der Waals surface area contributed by atoms with Crippen LogP contribution in [0.25, 0.3) is 0 Å². The summed E-state index contributed by atoms with van der Waals surface area (Å²) in [5.41, 5.74) is 2.01. The van der Waals surface area contributed by atoms with Crippen molar-refractivity contribution >= 4 is 29.4 Å². The second kappa shape index (κ2) is 10.9. The van der Waals surface area contributed by atoms with Crippen LogP contribution in [0, 0.1) is 0 Å². The minimum atomic E-state index is -1.03. The minimum Gasteiger partial charge on any atom is -0.449 e. The molecule has 0 saturated heterocycles. The van der Waals surface area contributed by atoms with Gasteiger partial charge in [-0.3, -0.25) is 9.59 Å². The maximum Gasteiger partial charge on any atom is 0.338 e. The lowest BCUT2D eigenvalue weighted by molar-refractivity contribution is -0.123. The number of benzene rings is 2. The highest BCUT2D eigenvalue weighted by Gasteiger charge is 2.19. The fourth-order valence-corrected chi connectivity index (χ4v) is 2.60. The van der Waals surface area contributed by atoms with Crippen LogP contribution in [0.4, 0.5) is 10.5 Å². The van der Waals surface area contributed by atoms with Crippen LogP contribution < -0.4 is 16.0 Å². The summed E-state index contributed by atoms with van der Waals surface area (Å²) in [5.74, 6) is -1.27. The van der Waals surface area contributed by atoms with E-state index >= 15 is 0 Å². The molecule has 2 aromatic carbocycles. The summed E-state index contributed by atoms with van der Waals surface area (Å²) in [6.07, 6.45) is -1.03. The number of nitrogens with one attached hydrogen (secondary N) is 3. The lowest BCUT2D eigenvalue weighted by atomic mass is 10.1. The number of urea groups is 1. The number of amides is 3. The van der Waals surface area contributed by atoms with E-state index in [1.807, 2.05) is 13.8 Å². The Bertz CT molecular complexity index is 954. The largest absolute Gasteiger partial charge is 0.449 e. The summed E-state index contributed by atoms with van der Waals surface area (Å²) in [4.78, 5) is 47.7. The summed E-state index contributed by atoms with van der Waals surface area (Å²) in [5, 5.41) is 8.07. The first-order valence-electron chi connectivity index (χ1n) is 9.92. The van der Waals surface area contributed by atoms with Crippen LogP contribution in [0.1, 0.15) is 54.0 Å². The summed E-state index contributed by atoms with van der Waals surface area (Å²) in [6.45, 7) is 6.95. The summed E-state index contributed by atoms with van der Waals surface area (Å²) in [6, 6.07) is 12.8. The maximum atomic E-state index is 12.3. The third-order valence-corrected chi connectivity index (χ3v) is 4.25. The quantitative estimate of drug-likeness (QED) is 0.444. The van der Waals surface area contributed by atoms with Crippen molar-refractivity contribution in [1.29, 1.82) is 0 Å². The zero-order valence-electron chi connectivity index (χ0n) is 18.0. The van der Waals surface area contributed by atoms with E-state index < -0.39 is 18.0 Å². The molecular formula is C23H27N3O5. The Labute approximate surface area is 181 Å². The molecule has 0 aliphatic carbocycles. The van der Waals surface area contributed by atoms with Crippen molar-refractivity contribution in [2.24, 2.45) is 0 Å². The number of ketones is 1. The number of rotatable bonds is 8. The van der Waals surface area contributed by atoms with E-state index in [-0.39, 0.29) is 23.4 Å². The maximum absolute atomic E-state index is 12.3. The van der Waals surface area contributed by atoms with Gasteiger partial charge in [-0.15, -0.1) is 0 Å². The number of hydrogen-bond acceptors (Lipinski definition) is 5. The summed E-state index contributed by atoms with van der Waals surface area (Å²) in [7, 11) is 0. The standard InChI is InChI=1S/C23H27N3O5/c1-14(2)25-23(30)24-13-17-8-10-18(11-9-17)22(29)31-16(4)21(28)26-20-7-5-6-19(12-20)15(3)27/h5-12,14,16H,13H2,1-4H3,(H,26,28)(H2,24,25,30)/t16-/m0/s1. The van der Waals surface area contributed by atoms with Crippen LogP contribution in [0.5, 0.6) is 0 Å². The third-order valence-electron chi connectivity index (χ3n) is 4.25. The number of Topliss-reactive ketones (excluding diaryl/α,β-unsaturated/α-hetero) is 1. The van der Waals surface area contributed by atoms with Gasteiger partial charge in [0, 0.05) is 23.8 Å². The molecule has 0 bridgehead atoms. The lowest BCUT2D eigenvalue weighted by Gasteiger charge is -2.14. The van der Waals surface area contributed by atoms with Gasteiger partial charge in [-0.25, -0.2) is 9.59 Å². The third kappa shape index (κ3) is 7.58. The van der Waals surface area contributed by atoms with Crippen molar-refractivity contribution in [2.45, 2.75) is 46.4 Å². The summed E-state index contributed by atoms with van der Waals surface area (Å²) < 4.78 is 5.23. The van der Waals surface area contributed by atoms with E-state index in [1.165, 1.54) is 13.8 Å². The monoisotopic (exact) mass is 425 g/mol. The van der Waals surface area contributed by atoms with Crippen molar-refractivity contribution in [2.75, 3.05) is 5.32 Å². The molecule has 0 aromatic heterocycles. The molecule has 0 heterocycles. The van der Waals surface area contributed by atoms with E-state index in [1.54, 1.807) is 48.5 Å². The van der Waals surface area contributed by atoms with E-state index in [0.717, 1.165) is 5.56 Å². The Kier molecular flexibility index (Phi) is 8.31. The molecule has 0 radical (unpaired) electrons. The van der Waals surface area contributed by atoms with Gasteiger partial charge >= 0.3 is 12.0 Å². The smallest absolute Gasteiger partial charge is 0.338 e. The zero-order valence-corrected chi connectivity index (χ0v) is 18.0. The van der Waals surface area contributed by atoms with Crippen LogP contribution in [-0.4, -0.2) is 35.8 Å². The van der Waals surface area contributed by atoms with Crippen molar-refractivity contribution in [1.82, 2.24) is 10.6 Å². The molecule has 164 valence electrons. The number of esters is 1. The van der Waals surface area contributed by atoms with Gasteiger partial charge in [0.2, 0.25) is 0 Å². The van der Waals surface area contributed by atoms with Crippen molar-refractivity contribution in [3.63, 3.8) is 0 Å². The topological polar surface area (TPSA) is 114 Å². The molecule has 0 aliphatic heterocycles. The molecule has 31 heavy (non-hydrogen) atoms. The predicted octanol–water partition coefficient (Wildman–Crippen LogP) is 3.28. The number of ether oxygens (including phenoxy) is 1. The highest BCUT2D eigenvalue weighted by atomic mass is 16.5. The second-order valence-electron chi connectivity index (χ2n) is 7.35. The molecule has 0 aliphatic rings. The minimum absolute atomic E-state index is 0.0365. The van der Waals surface area contributed by atoms with Gasteiger partial charge in [0.25, 0.3) is 5.91 Å². The van der Waals surface area contributed by atoms with Crippen molar-refractivity contribution in [3.8, 4) is 0 Å². The second-order valence-corrected chi connectivity index (χ2v) is 7.35. The molecule has 1 atom stereocenters. The first-order chi connectivity index (χ1) is 14.7. The summed E-state index contributed by atoms with van der Waals surface area (Å²) >= 11 is 0. The fourth-order valence-electron chi connectivity index (χ4n) is 2.60. The lowest BCUT2D eigenvalue weighted by Crippen LogP contribution is -2.39. The van der Waals surface area contributed by atoms with Crippen molar-refractivity contribution in [3.05, 3.63) is 65.2 Å². The highest BCUT2D eigenvalue weighted by Crippen LogP contribution is 2.13. The van der Waals surface area contributed by atoms with Gasteiger partial charge < -0.3 is 20.7 Å². The predicted molar refractivity (Wildman–Crippen MR) is 117 cm³/mol. The fraction of sp³-hybridized carbons (Fsp3) is 0.304. The molecule has 2 rings (SSSR count). The Morgan fingerprint density at radius 1 is 0.935 bits per heavy atom. The van der Waals surface area contributed by atoms with E-state index in [4.69, 9.17) is 4.74 Å². The molecule has 8 heteroatoms. The Morgan fingerprint density at radius 3 is 2.23 bits per heavy atom. The van der Waals surface area contributed by atoms with Gasteiger partial charge in [-0.1, -0.05) is 24.3 Å². The molecule has 3 amide bonds. The van der Waals surface area contributed by atoms with Gasteiger partial charge in [-0.2, -0.15) is 0 Å². The SMILES string of the molecule is CC(=O)c1cccc(NC(=O)[C@H](C)OC(=O)c2ccc(CNC(=O)NC(C)C)cc2)c1. The van der Waals surface area contributed by atoms with Crippen LogP contribution in [0.3, 0.4) is 0 Å². The zero-order chi connectivity index (χ0) is 23.0. The highest BCUT2D eigenvalue weighted by molar-refractivity contribution is 5.99. The average molecular weight is 425 g/mol. The van der Waals surface area contributed by atoms with Gasteiger partial charge in [0.15, 0.2) is 11.9 Å². The van der Waals surface area contributed by atoms with E-state index in [9.17, 15) is 19.2 Å². The Balaban J connectivity index is 1.89. The van der Waals surface area contributed by atoms with E-state index in [2.05, 4.69) is 16.0 Å². The Hall–Kier alpha value is -3.68. The normalized spacial score (nSPS) is 11.4. The molecular weight excluding hydrogens is 398 g/mol. The number of hydrogen-bond donors (Lipinski definition) is 3. The van der Waals surface area contributed by atoms with E-state index in [0.29, 0.717) is 17.8 Å². The molecule has 8 nitrogen and oxygen atoms in total. The molecule has 0 saturated carbocycles. The molecule has 0 fully saturated rings. The molecule has 2 aromatic rings. The van der Waals surface area contributed by atoms with Crippen molar-refractivity contribution < 1.29 is 23.9 Å². The van der Waals surface area contributed by atoms with Gasteiger partial charge in [0.05, 0.1) is 5.56 Å². The average Bonchev–Trinajstić information content (AvgIpc) is 2.72. The van der Waals surface area contributed by atoms with Gasteiger partial charge in [-0.05, 0) is 57.5 Å². The van der Waals surface area contributed by atoms with Crippen LogP contribution in [0.15, 0.2) is 48.5 Å². The first-order valence-corrected chi connectivity index (χ1v) is 9.92. The number of anilines is 1. The Morgan fingerprint density at radius 2 is 1.61 bits per heavy atom. The number of carbonyl (C=O) groups is 4. The number of carbonyl (C=O) groups excluding carboxylic acids is 4. The van der Waals surface area contributed by atoms with Crippen LogP contribution in [0.2, 0.25) is 0 Å². The molecule has 3 N–H and O–H groups in total. The van der Waals surface area contributed by atoms with Crippen LogP contribution >= 0.6 is 0 Å². The molecule has 0 spiro atoms. The van der Waals surface area contributed by atoms with Gasteiger partial charge in [0.1, 0.15) is 0 Å². The van der Waals surface area contributed by atoms with Crippen LogP contribution in [-0.2, 0) is 16.1 Å².